The van der Waals surface area contributed by atoms with Gasteiger partial charge in [-0.05, 0) is 31.2 Å². The summed E-state index contributed by atoms with van der Waals surface area (Å²) in [6.07, 6.45) is 3.65. The van der Waals surface area contributed by atoms with Crippen LogP contribution in [-0.4, -0.2) is 27.2 Å². The van der Waals surface area contributed by atoms with E-state index >= 15 is 0 Å². The van der Waals surface area contributed by atoms with Crippen molar-refractivity contribution in [1.82, 2.24) is 14.3 Å². The number of aryl methyl sites for hydroxylation is 1. The lowest BCUT2D eigenvalue weighted by Gasteiger charge is -2.34. The van der Waals surface area contributed by atoms with Crippen molar-refractivity contribution in [2.45, 2.75) is 13.1 Å². The van der Waals surface area contributed by atoms with E-state index < -0.39 is 0 Å². The van der Waals surface area contributed by atoms with E-state index in [2.05, 4.69) is 10.3 Å². The van der Waals surface area contributed by atoms with E-state index in [9.17, 15) is 4.79 Å². The number of fused-ring (bicyclic) bond motifs is 2. The average molecular weight is 292 g/mol. The molecule has 0 fully saturated rings. The second-order valence-corrected chi connectivity index (χ2v) is 5.64. The highest BCUT2D eigenvalue weighted by atomic mass is 16.2. The number of nitrogens with one attached hydrogen (secondary N) is 1. The Morgan fingerprint density at radius 2 is 2.09 bits per heavy atom. The molecular formula is C17H16N4O. The van der Waals surface area contributed by atoms with Crippen LogP contribution >= 0.6 is 0 Å². The largest absolute Gasteiger partial charge is 0.359 e. The van der Waals surface area contributed by atoms with Gasteiger partial charge in [0.05, 0.1) is 5.56 Å². The molecule has 22 heavy (non-hydrogen) atoms. The van der Waals surface area contributed by atoms with Crippen LogP contribution in [0.2, 0.25) is 0 Å². The van der Waals surface area contributed by atoms with Gasteiger partial charge in [0.2, 0.25) is 0 Å². The Balaban J connectivity index is 1.79. The lowest BCUT2D eigenvalue weighted by molar-refractivity contribution is 0.0733. The van der Waals surface area contributed by atoms with Crippen molar-refractivity contribution in [2.75, 3.05) is 12.4 Å². The lowest BCUT2D eigenvalue weighted by Crippen LogP contribution is -2.40. The monoisotopic (exact) mass is 292 g/mol. The number of amides is 1. The molecule has 0 saturated carbocycles. The van der Waals surface area contributed by atoms with Crippen LogP contribution in [0.5, 0.6) is 0 Å². The van der Waals surface area contributed by atoms with Crippen molar-refractivity contribution < 1.29 is 4.79 Å². The highest BCUT2D eigenvalue weighted by Crippen LogP contribution is 2.32. The van der Waals surface area contributed by atoms with Gasteiger partial charge in [0, 0.05) is 25.1 Å². The van der Waals surface area contributed by atoms with Gasteiger partial charge < -0.3 is 14.6 Å². The van der Waals surface area contributed by atoms with Crippen LogP contribution in [0.1, 0.15) is 27.8 Å². The maximum absolute atomic E-state index is 12.6. The molecule has 5 heteroatoms. The molecule has 0 aliphatic carbocycles. The summed E-state index contributed by atoms with van der Waals surface area (Å²) in [5, 5.41) is 3.41. The summed E-state index contributed by atoms with van der Waals surface area (Å²) >= 11 is 0. The minimum Gasteiger partial charge on any atom is -0.359 e. The first-order valence-corrected chi connectivity index (χ1v) is 7.21. The first-order valence-electron chi connectivity index (χ1n) is 7.21. The predicted octanol–water partition coefficient (Wildman–Crippen LogP) is 2.84. The summed E-state index contributed by atoms with van der Waals surface area (Å²) < 4.78 is 1.96. The summed E-state index contributed by atoms with van der Waals surface area (Å²) in [6.45, 7) is 1.99. The van der Waals surface area contributed by atoms with E-state index in [1.54, 1.807) is 11.9 Å². The number of anilines is 1. The third-order valence-corrected chi connectivity index (χ3v) is 4.07. The van der Waals surface area contributed by atoms with Gasteiger partial charge in [0.15, 0.2) is 0 Å². The molecule has 0 saturated heterocycles. The number of hydrogen-bond donors (Lipinski definition) is 1. The quantitative estimate of drug-likeness (QED) is 0.750. The molecule has 5 nitrogen and oxygen atoms in total. The third kappa shape index (κ3) is 1.86. The Labute approximate surface area is 128 Å². The van der Waals surface area contributed by atoms with E-state index in [0.29, 0.717) is 5.56 Å². The van der Waals surface area contributed by atoms with Gasteiger partial charge >= 0.3 is 0 Å². The number of pyridine rings is 1. The second-order valence-electron chi connectivity index (χ2n) is 5.64. The molecule has 1 atom stereocenters. The van der Waals surface area contributed by atoms with Crippen LogP contribution in [0.4, 0.5) is 5.69 Å². The Bertz CT molecular complexity index is 850. The van der Waals surface area contributed by atoms with E-state index in [0.717, 1.165) is 22.6 Å². The summed E-state index contributed by atoms with van der Waals surface area (Å²) in [5.74, 6) is 0.0134. The molecule has 3 heterocycles. The van der Waals surface area contributed by atoms with Crippen LogP contribution in [0.15, 0.2) is 48.8 Å². The number of carbonyl (C=O) groups excluding carboxylic acids is 1. The Kier molecular flexibility index (Phi) is 2.69. The van der Waals surface area contributed by atoms with Gasteiger partial charge in [-0.15, -0.1) is 0 Å². The molecule has 1 N–H and O–H groups in total. The third-order valence-electron chi connectivity index (χ3n) is 4.07. The van der Waals surface area contributed by atoms with E-state index in [1.165, 1.54) is 0 Å². The van der Waals surface area contributed by atoms with Crippen molar-refractivity contribution in [2.24, 2.45) is 0 Å². The summed E-state index contributed by atoms with van der Waals surface area (Å²) in [5.41, 5.74) is 4.34. The van der Waals surface area contributed by atoms with Crippen LogP contribution in [0.3, 0.4) is 0 Å². The first kappa shape index (κ1) is 12.9. The van der Waals surface area contributed by atoms with Crippen LogP contribution in [-0.2, 0) is 0 Å². The number of carbonyl (C=O) groups is 1. The maximum Gasteiger partial charge on any atom is 0.257 e. The van der Waals surface area contributed by atoms with Crippen molar-refractivity contribution in [3.05, 3.63) is 65.6 Å². The predicted molar refractivity (Wildman–Crippen MR) is 84.8 cm³/mol. The summed E-state index contributed by atoms with van der Waals surface area (Å²) in [7, 11) is 1.80. The number of benzene rings is 1. The zero-order valence-electron chi connectivity index (χ0n) is 12.4. The van der Waals surface area contributed by atoms with Crippen molar-refractivity contribution in [3.63, 3.8) is 0 Å². The number of rotatable bonds is 1. The highest BCUT2D eigenvalue weighted by molar-refractivity contribution is 6.01. The van der Waals surface area contributed by atoms with Gasteiger partial charge in [-0.25, -0.2) is 4.98 Å². The van der Waals surface area contributed by atoms with Crippen LogP contribution in [0.25, 0.3) is 5.65 Å². The summed E-state index contributed by atoms with van der Waals surface area (Å²) in [4.78, 5) is 18.9. The number of hydrogen-bond acceptors (Lipinski definition) is 3. The standard InChI is InChI=1S/C17H16N4O/c1-11-6-7-13-12(9-11)17(22)20(2)16(19-13)14-10-21-8-4-3-5-15(21)18-14/h3-10,16,19H,1-2H3/t16-/m0/s1. The molecule has 0 unspecified atom stereocenters. The second kappa shape index (κ2) is 4.59. The van der Waals surface area contributed by atoms with Crippen molar-refractivity contribution in [1.29, 1.82) is 0 Å². The molecule has 2 aromatic heterocycles. The molecule has 1 aromatic carbocycles. The first-order chi connectivity index (χ1) is 10.6. The fourth-order valence-electron chi connectivity index (χ4n) is 2.87. The molecule has 3 aromatic rings. The van der Waals surface area contributed by atoms with Gasteiger partial charge in [-0.3, -0.25) is 4.79 Å². The van der Waals surface area contributed by atoms with Crippen molar-refractivity contribution in [3.8, 4) is 0 Å². The molecule has 0 bridgehead atoms. The Hall–Kier alpha value is -2.82. The topological polar surface area (TPSA) is 49.6 Å². The van der Waals surface area contributed by atoms with E-state index in [4.69, 9.17) is 0 Å². The molecule has 0 radical (unpaired) electrons. The molecule has 4 rings (SSSR count). The Morgan fingerprint density at radius 3 is 2.91 bits per heavy atom. The lowest BCUT2D eigenvalue weighted by atomic mass is 10.0. The van der Waals surface area contributed by atoms with Gasteiger partial charge in [0.25, 0.3) is 5.91 Å². The van der Waals surface area contributed by atoms with Crippen molar-refractivity contribution >= 4 is 17.2 Å². The van der Waals surface area contributed by atoms with Gasteiger partial charge in [-0.1, -0.05) is 17.7 Å². The Morgan fingerprint density at radius 1 is 1.23 bits per heavy atom. The van der Waals surface area contributed by atoms with Crippen LogP contribution < -0.4 is 5.32 Å². The molecule has 1 aliphatic rings. The van der Waals surface area contributed by atoms with Gasteiger partial charge in [-0.2, -0.15) is 0 Å². The highest BCUT2D eigenvalue weighted by Gasteiger charge is 2.31. The minimum absolute atomic E-state index is 0.0134. The fourth-order valence-corrected chi connectivity index (χ4v) is 2.87. The average Bonchev–Trinajstić information content (AvgIpc) is 2.95. The smallest absolute Gasteiger partial charge is 0.257 e. The normalized spacial score (nSPS) is 17.5. The van der Waals surface area contributed by atoms with Crippen LogP contribution in [0, 0.1) is 6.92 Å². The summed E-state index contributed by atoms with van der Waals surface area (Å²) in [6, 6.07) is 11.7. The number of nitrogens with zero attached hydrogens (tertiary/aromatic N) is 3. The number of imidazole rings is 1. The molecule has 0 spiro atoms. The molecular weight excluding hydrogens is 276 g/mol. The van der Waals surface area contributed by atoms with E-state index in [-0.39, 0.29) is 12.1 Å². The minimum atomic E-state index is -0.261. The zero-order valence-corrected chi connectivity index (χ0v) is 12.4. The zero-order chi connectivity index (χ0) is 15.3. The SMILES string of the molecule is Cc1ccc2c(c1)C(=O)N(C)[C@@H](c1cn3ccccc3n1)N2. The van der Waals surface area contributed by atoms with E-state index in [1.807, 2.05) is 60.1 Å². The fraction of sp³-hybridized carbons (Fsp3) is 0.176. The number of aromatic nitrogens is 2. The maximum atomic E-state index is 12.6. The van der Waals surface area contributed by atoms with Gasteiger partial charge in [0.1, 0.15) is 17.5 Å². The molecule has 110 valence electrons. The molecule has 1 aliphatic heterocycles. The molecule has 1 amide bonds.